The SMILES string of the molecule is COc1cc(OC)cc(C(=O)n2nc(Nc3ccc(OCCN4CCCCC4)cc3)nc2N)c1. The Hall–Kier alpha value is -3.79. The molecule has 4 rings (SSSR count). The molecule has 2 aromatic carbocycles. The van der Waals surface area contributed by atoms with Gasteiger partial charge >= 0.3 is 0 Å². The fourth-order valence-electron chi connectivity index (χ4n) is 3.82. The van der Waals surface area contributed by atoms with Crippen LogP contribution in [-0.4, -0.2) is 66.0 Å². The molecule has 34 heavy (non-hydrogen) atoms. The van der Waals surface area contributed by atoms with E-state index in [-0.39, 0.29) is 11.9 Å². The number of rotatable bonds is 9. The first kappa shape index (κ1) is 23.4. The van der Waals surface area contributed by atoms with Gasteiger partial charge in [0.15, 0.2) is 0 Å². The Bertz CT molecular complexity index is 1090. The molecular weight excluding hydrogens is 436 g/mol. The van der Waals surface area contributed by atoms with Gasteiger partial charge in [-0.05, 0) is 62.3 Å². The zero-order chi connectivity index (χ0) is 23.9. The first-order valence-electron chi connectivity index (χ1n) is 11.3. The minimum absolute atomic E-state index is 0.0352. The molecule has 1 fully saturated rings. The van der Waals surface area contributed by atoms with Crippen LogP contribution in [0.15, 0.2) is 42.5 Å². The molecule has 3 aromatic rings. The van der Waals surface area contributed by atoms with Crippen LogP contribution in [-0.2, 0) is 0 Å². The molecule has 180 valence electrons. The van der Waals surface area contributed by atoms with Gasteiger partial charge in [-0.3, -0.25) is 9.69 Å². The minimum Gasteiger partial charge on any atom is -0.497 e. The van der Waals surface area contributed by atoms with Gasteiger partial charge in [-0.1, -0.05) is 6.42 Å². The molecule has 0 spiro atoms. The number of aromatic nitrogens is 3. The normalized spacial score (nSPS) is 13.9. The maximum Gasteiger partial charge on any atom is 0.281 e. The highest BCUT2D eigenvalue weighted by atomic mass is 16.5. The molecule has 0 atom stereocenters. The van der Waals surface area contributed by atoms with E-state index in [1.165, 1.54) is 33.5 Å². The largest absolute Gasteiger partial charge is 0.497 e. The lowest BCUT2D eigenvalue weighted by Crippen LogP contribution is -2.33. The number of nitrogen functional groups attached to an aromatic ring is 1. The molecule has 0 bridgehead atoms. The Kier molecular flexibility index (Phi) is 7.48. The van der Waals surface area contributed by atoms with Crippen molar-refractivity contribution in [1.29, 1.82) is 0 Å². The van der Waals surface area contributed by atoms with Crippen LogP contribution in [0.2, 0.25) is 0 Å². The predicted molar refractivity (Wildman–Crippen MR) is 129 cm³/mol. The number of hydrogen-bond acceptors (Lipinski definition) is 9. The molecule has 10 nitrogen and oxygen atoms in total. The van der Waals surface area contributed by atoms with Crippen LogP contribution in [0.25, 0.3) is 0 Å². The van der Waals surface area contributed by atoms with Crippen LogP contribution >= 0.6 is 0 Å². The van der Waals surface area contributed by atoms with Crippen LogP contribution in [0, 0.1) is 0 Å². The van der Waals surface area contributed by atoms with Crippen molar-refractivity contribution in [3.63, 3.8) is 0 Å². The number of hydrogen-bond donors (Lipinski definition) is 2. The van der Waals surface area contributed by atoms with Gasteiger partial charge < -0.3 is 25.3 Å². The lowest BCUT2D eigenvalue weighted by Gasteiger charge is -2.26. The van der Waals surface area contributed by atoms with E-state index in [9.17, 15) is 4.79 Å². The Labute approximate surface area is 198 Å². The Morgan fingerprint density at radius 1 is 1.00 bits per heavy atom. The maximum absolute atomic E-state index is 13.0. The molecule has 1 saturated heterocycles. The fourth-order valence-corrected chi connectivity index (χ4v) is 3.82. The number of methoxy groups -OCH3 is 2. The standard InChI is InChI=1S/C24H30N6O4/c1-32-20-14-17(15-21(16-20)33-2)22(31)30-23(25)27-24(28-30)26-18-6-8-19(9-7-18)34-13-12-29-10-4-3-5-11-29/h6-9,14-16H,3-5,10-13H2,1-2H3,(H3,25,26,27,28). The van der Waals surface area contributed by atoms with Crippen LogP contribution in [0.5, 0.6) is 17.2 Å². The van der Waals surface area contributed by atoms with Gasteiger partial charge in [-0.25, -0.2) is 0 Å². The third-order valence-corrected chi connectivity index (χ3v) is 5.66. The fraction of sp³-hybridized carbons (Fsp3) is 0.375. The van der Waals surface area contributed by atoms with Crippen LogP contribution in [0.3, 0.4) is 0 Å². The number of piperidine rings is 1. The topological polar surface area (TPSA) is 117 Å². The van der Waals surface area contributed by atoms with E-state index in [2.05, 4.69) is 20.3 Å². The minimum atomic E-state index is -0.451. The van der Waals surface area contributed by atoms with Gasteiger partial charge in [0.2, 0.25) is 11.9 Å². The summed E-state index contributed by atoms with van der Waals surface area (Å²) in [5, 5.41) is 7.28. The highest BCUT2D eigenvalue weighted by molar-refractivity contribution is 5.97. The molecule has 1 aliphatic rings. The zero-order valence-electron chi connectivity index (χ0n) is 19.5. The van der Waals surface area contributed by atoms with Crippen LogP contribution in [0.1, 0.15) is 29.6 Å². The Balaban J connectivity index is 1.37. The first-order valence-corrected chi connectivity index (χ1v) is 11.3. The predicted octanol–water partition coefficient (Wildman–Crippen LogP) is 3.17. The lowest BCUT2D eigenvalue weighted by atomic mass is 10.1. The number of carbonyl (C=O) groups is 1. The van der Waals surface area contributed by atoms with E-state index in [0.29, 0.717) is 23.7 Å². The molecule has 1 aromatic heterocycles. The molecule has 10 heteroatoms. The summed E-state index contributed by atoms with van der Waals surface area (Å²) in [7, 11) is 3.03. The zero-order valence-corrected chi connectivity index (χ0v) is 19.5. The Morgan fingerprint density at radius 2 is 1.68 bits per heavy atom. The summed E-state index contributed by atoms with van der Waals surface area (Å²) in [6, 6.07) is 12.3. The highest BCUT2D eigenvalue weighted by Crippen LogP contribution is 2.24. The Morgan fingerprint density at radius 3 is 2.32 bits per heavy atom. The van der Waals surface area contributed by atoms with Crippen LogP contribution in [0.4, 0.5) is 17.6 Å². The van der Waals surface area contributed by atoms with Crippen molar-refractivity contribution in [2.45, 2.75) is 19.3 Å². The number of carbonyl (C=O) groups excluding carboxylic acids is 1. The number of benzene rings is 2. The van der Waals surface area contributed by atoms with Gasteiger partial charge in [-0.2, -0.15) is 9.67 Å². The van der Waals surface area contributed by atoms with Crippen molar-refractivity contribution in [3.05, 3.63) is 48.0 Å². The second kappa shape index (κ2) is 10.9. The summed E-state index contributed by atoms with van der Waals surface area (Å²) < 4.78 is 17.4. The van der Waals surface area contributed by atoms with E-state index in [1.54, 1.807) is 18.2 Å². The number of nitrogens with zero attached hydrogens (tertiary/aromatic N) is 4. The third kappa shape index (κ3) is 5.76. The molecular formula is C24H30N6O4. The number of anilines is 3. The van der Waals surface area contributed by atoms with E-state index >= 15 is 0 Å². The van der Waals surface area contributed by atoms with Crippen molar-refractivity contribution >= 4 is 23.5 Å². The van der Waals surface area contributed by atoms with Gasteiger partial charge in [0, 0.05) is 23.9 Å². The van der Waals surface area contributed by atoms with Gasteiger partial charge in [0.05, 0.1) is 14.2 Å². The summed E-state index contributed by atoms with van der Waals surface area (Å²) in [4.78, 5) is 19.5. The summed E-state index contributed by atoms with van der Waals surface area (Å²) in [6.45, 7) is 3.91. The van der Waals surface area contributed by atoms with Crippen molar-refractivity contribution < 1.29 is 19.0 Å². The monoisotopic (exact) mass is 466 g/mol. The lowest BCUT2D eigenvalue weighted by molar-refractivity contribution is 0.0947. The van der Waals surface area contributed by atoms with Crippen molar-refractivity contribution in [2.24, 2.45) is 0 Å². The van der Waals surface area contributed by atoms with Gasteiger partial charge in [0.1, 0.15) is 23.9 Å². The molecule has 0 aliphatic carbocycles. The van der Waals surface area contributed by atoms with Gasteiger partial charge in [-0.15, -0.1) is 5.10 Å². The third-order valence-electron chi connectivity index (χ3n) is 5.66. The second-order valence-electron chi connectivity index (χ2n) is 8.01. The second-order valence-corrected chi connectivity index (χ2v) is 8.01. The molecule has 0 amide bonds. The van der Waals surface area contributed by atoms with Crippen molar-refractivity contribution in [2.75, 3.05) is 51.5 Å². The summed E-state index contributed by atoms with van der Waals surface area (Å²) in [5.41, 5.74) is 7.01. The smallest absolute Gasteiger partial charge is 0.281 e. The molecule has 0 radical (unpaired) electrons. The molecule has 0 saturated carbocycles. The van der Waals surface area contributed by atoms with Crippen molar-refractivity contribution in [1.82, 2.24) is 19.7 Å². The molecule has 3 N–H and O–H groups in total. The number of likely N-dealkylation sites (tertiary alicyclic amines) is 1. The van der Waals surface area contributed by atoms with E-state index in [0.717, 1.165) is 35.8 Å². The number of nitrogens with two attached hydrogens (primary N) is 1. The first-order chi connectivity index (χ1) is 16.6. The van der Waals surface area contributed by atoms with Crippen LogP contribution < -0.4 is 25.3 Å². The number of ether oxygens (including phenoxy) is 3. The maximum atomic E-state index is 13.0. The average Bonchev–Trinajstić information content (AvgIpc) is 3.24. The van der Waals surface area contributed by atoms with E-state index < -0.39 is 5.91 Å². The molecule has 2 heterocycles. The molecule has 0 unspecified atom stereocenters. The summed E-state index contributed by atoms with van der Waals surface area (Å²) in [6.07, 6.45) is 3.87. The molecule has 1 aliphatic heterocycles. The average molecular weight is 467 g/mol. The van der Waals surface area contributed by atoms with E-state index in [4.69, 9.17) is 19.9 Å². The summed E-state index contributed by atoms with van der Waals surface area (Å²) in [5.74, 6) is 1.48. The number of nitrogens with one attached hydrogen (secondary N) is 1. The highest BCUT2D eigenvalue weighted by Gasteiger charge is 2.18. The van der Waals surface area contributed by atoms with Gasteiger partial charge in [0.25, 0.3) is 5.91 Å². The van der Waals surface area contributed by atoms with E-state index in [1.807, 2.05) is 24.3 Å². The quantitative estimate of drug-likeness (QED) is 0.490. The van der Waals surface area contributed by atoms with Crippen molar-refractivity contribution in [3.8, 4) is 17.2 Å². The summed E-state index contributed by atoms with van der Waals surface area (Å²) >= 11 is 0.